The molecule has 110 valence electrons. The highest BCUT2D eigenvalue weighted by atomic mass is 35.5. The zero-order chi connectivity index (χ0) is 14.9. The van der Waals surface area contributed by atoms with Gasteiger partial charge in [0.05, 0.1) is 4.90 Å². The SMILES string of the molecule is O=S(=O)(c1ccccc1)N(Cc1ccc(Cl)cc1)C1CC1. The smallest absolute Gasteiger partial charge is 0.207 e. The predicted molar refractivity (Wildman–Crippen MR) is 83.6 cm³/mol. The fourth-order valence-corrected chi connectivity index (χ4v) is 4.09. The summed E-state index contributed by atoms with van der Waals surface area (Å²) in [7, 11) is -3.45. The van der Waals surface area contributed by atoms with Crippen molar-refractivity contribution in [2.45, 2.75) is 30.3 Å². The second-order valence-corrected chi connectivity index (χ2v) is 7.55. The van der Waals surface area contributed by atoms with Crippen molar-refractivity contribution < 1.29 is 8.42 Å². The van der Waals surface area contributed by atoms with Gasteiger partial charge in [-0.15, -0.1) is 0 Å². The summed E-state index contributed by atoms with van der Waals surface area (Å²) in [6, 6.07) is 16.1. The van der Waals surface area contributed by atoms with E-state index in [1.807, 2.05) is 18.2 Å². The predicted octanol–water partition coefficient (Wildman–Crippen LogP) is 3.69. The first kappa shape index (κ1) is 14.6. The maximum absolute atomic E-state index is 12.8. The lowest BCUT2D eigenvalue weighted by Gasteiger charge is -2.22. The van der Waals surface area contributed by atoms with Gasteiger partial charge in [0.25, 0.3) is 0 Å². The van der Waals surface area contributed by atoms with Crippen LogP contribution in [0.2, 0.25) is 5.02 Å². The molecule has 21 heavy (non-hydrogen) atoms. The zero-order valence-corrected chi connectivity index (χ0v) is 13.0. The molecule has 3 rings (SSSR count). The van der Waals surface area contributed by atoms with Crippen molar-refractivity contribution in [3.8, 4) is 0 Å². The molecule has 5 heteroatoms. The Kier molecular flexibility index (Phi) is 4.02. The number of nitrogens with zero attached hydrogens (tertiary/aromatic N) is 1. The summed E-state index contributed by atoms with van der Waals surface area (Å²) in [5, 5.41) is 0.655. The number of benzene rings is 2. The number of hydrogen-bond acceptors (Lipinski definition) is 2. The lowest BCUT2D eigenvalue weighted by atomic mass is 10.2. The molecule has 0 bridgehead atoms. The van der Waals surface area contributed by atoms with Crippen LogP contribution in [0.15, 0.2) is 59.5 Å². The summed E-state index contributed by atoms with van der Waals surface area (Å²) in [6.07, 6.45) is 1.86. The van der Waals surface area contributed by atoms with Crippen molar-refractivity contribution in [2.75, 3.05) is 0 Å². The van der Waals surface area contributed by atoms with Gasteiger partial charge in [0.1, 0.15) is 0 Å². The van der Waals surface area contributed by atoms with Gasteiger partial charge in [-0.3, -0.25) is 0 Å². The lowest BCUT2D eigenvalue weighted by molar-refractivity contribution is 0.398. The van der Waals surface area contributed by atoms with Gasteiger partial charge in [0.2, 0.25) is 10.0 Å². The van der Waals surface area contributed by atoms with E-state index in [0.717, 1.165) is 18.4 Å². The van der Waals surface area contributed by atoms with Gasteiger partial charge in [-0.05, 0) is 42.7 Å². The Hall–Kier alpha value is -1.36. The summed E-state index contributed by atoms with van der Waals surface area (Å²) in [6.45, 7) is 0.388. The van der Waals surface area contributed by atoms with Crippen molar-refractivity contribution in [1.29, 1.82) is 0 Å². The average Bonchev–Trinajstić information content (AvgIpc) is 3.32. The van der Waals surface area contributed by atoms with Crippen molar-refractivity contribution in [3.63, 3.8) is 0 Å². The molecular weight excluding hydrogens is 306 g/mol. The highest BCUT2D eigenvalue weighted by molar-refractivity contribution is 7.89. The number of halogens is 1. The van der Waals surface area contributed by atoms with E-state index in [1.54, 1.807) is 40.7 Å². The van der Waals surface area contributed by atoms with Crippen LogP contribution in [0.1, 0.15) is 18.4 Å². The molecule has 0 aliphatic heterocycles. The van der Waals surface area contributed by atoms with E-state index in [1.165, 1.54) is 0 Å². The van der Waals surface area contributed by atoms with Crippen LogP contribution in [-0.4, -0.2) is 18.8 Å². The molecule has 0 atom stereocenters. The molecule has 1 aliphatic carbocycles. The molecule has 3 nitrogen and oxygen atoms in total. The van der Waals surface area contributed by atoms with E-state index >= 15 is 0 Å². The fraction of sp³-hybridized carbons (Fsp3) is 0.250. The molecule has 0 heterocycles. The molecule has 1 saturated carbocycles. The molecule has 0 N–H and O–H groups in total. The standard InChI is InChI=1S/C16H16ClNO2S/c17-14-8-6-13(7-9-14)12-18(15-10-11-15)21(19,20)16-4-2-1-3-5-16/h1-9,15H,10-12H2. The Morgan fingerprint density at radius 3 is 2.19 bits per heavy atom. The zero-order valence-electron chi connectivity index (χ0n) is 11.4. The number of sulfonamides is 1. The molecule has 0 aromatic heterocycles. The van der Waals surface area contributed by atoms with Gasteiger partial charge < -0.3 is 0 Å². The molecule has 1 fully saturated rings. The molecule has 1 aliphatic rings. The largest absolute Gasteiger partial charge is 0.243 e. The Balaban J connectivity index is 1.90. The third-order valence-electron chi connectivity index (χ3n) is 3.56. The molecular formula is C16H16ClNO2S. The maximum Gasteiger partial charge on any atom is 0.243 e. The second-order valence-electron chi connectivity index (χ2n) is 5.22. The minimum absolute atomic E-state index is 0.117. The van der Waals surface area contributed by atoms with Crippen LogP contribution < -0.4 is 0 Å². The lowest BCUT2D eigenvalue weighted by Crippen LogP contribution is -2.32. The Bertz CT molecular complexity index is 710. The molecule has 0 saturated heterocycles. The van der Waals surface area contributed by atoms with Gasteiger partial charge >= 0.3 is 0 Å². The summed E-state index contributed by atoms with van der Waals surface area (Å²) in [5.74, 6) is 0. The van der Waals surface area contributed by atoms with Crippen LogP contribution in [-0.2, 0) is 16.6 Å². The van der Waals surface area contributed by atoms with Crippen LogP contribution in [0, 0.1) is 0 Å². The van der Waals surface area contributed by atoms with Crippen LogP contribution in [0.4, 0.5) is 0 Å². The van der Waals surface area contributed by atoms with Crippen LogP contribution in [0.25, 0.3) is 0 Å². The highest BCUT2D eigenvalue weighted by Crippen LogP contribution is 2.33. The van der Waals surface area contributed by atoms with Crippen molar-refractivity contribution in [2.24, 2.45) is 0 Å². The van der Waals surface area contributed by atoms with Crippen molar-refractivity contribution in [3.05, 3.63) is 65.2 Å². The van der Waals surface area contributed by atoms with Gasteiger partial charge in [-0.25, -0.2) is 8.42 Å². The third kappa shape index (κ3) is 3.28. The Morgan fingerprint density at radius 1 is 1.00 bits per heavy atom. The molecule has 2 aromatic carbocycles. The van der Waals surface area contributed by atoms with Crippen LogP contribution in [0.5, 0.6) is 0 Å². The molecule has 0 amide bonds. The van der Waals surface area contributed by atoms with E-state index in [0.29, 0.717) is 16.5 Å². The first-order chi connectivity index (χ1) is 10.1. The first-order valence-electron chi connectivity index (χ1n) is 6.89. The van der Waals surface area contributed by atoms with E-state index in [9.17, 15) is 8.42 Å². The Labute approximate surface area is 130 Å². The minimum atomic E-state index is -3.45. The van der Waals surface area contributed by atoms with Gasteiger partial charge in [0, 0.05) is 17.6 Å². The quantitative estimate of drug-likeness (QED) is 0.842. The summed E-state index contributed by atoms with van der Waals surface area (Å²) in [4.78, 5) is 0.353. The highest BCUT2D eigenvalue weighted by Gasteiger charge is 2.37. The molecule has 0 radical (unpaired) electrons. The van der Waals surface area contributed by atoms with Crippen LogP contribution >= 0.6 is 11.6 Å². The maximum atomic E-state index is 12.8. The van der Waals surface area contributed by atoms with Crippen LogP contribution in [0.3, 0.4) is 0 Å². The fourth-order valence-electron chi connectivity index (χ4n) is 2.27. The summed E-state index contributed by atoms with van der Waals surface area (Å²) < 4.78 is 27.2. The van der Waals surface area contributed by atoms with Gasteiger partial charge in [-0.1, -0.05) is 41.9 Å². The van der Waals surface area contributed by atoms with E-state index in [2.05, 4.69) is 0 Å². The average molecular weight is 322 g/mol. The summed E-state index contributed by atoms with van der Waals surface area (Å²) in [5.41, 5.74) is 0.950. The van der Waals surface area contributed by atoms with E-state index in [4.69, 9.17) is 11.6 Å². The third-order valence-corrected chi connectivity index (χ3v) is 5.72. The number of hydrogen-bond donors (Lipinski definition) is 0. The van der Waals surface area contributed by atoms with Gasteiger partial charge in [0.15, 0.2) is 0 Å². The second kappa shape index (κ2) is 5.79. The molecule has 2 aromatic rings. The molecule has 0 spiro atoms. The van der Waals surface area contributed by atoms with Crippen molar-refractivity contribution in [1.82, 2.24) is 4.31 Å². The Morgan fingerprint density at radius 2 is 1.62 bits per heavy atom. The monoisotopic (exact) mass is 321 g/mol. The normalized spacial score (nSPS) is 15.3. The van der Waals surface area contributed by atoms with E-state index in [-0.39, 0.29) is 6.04 Å². The first-order valence-corrected chi connectivity index (χ1v) is 8.70. The minimum Gasteiger partial charge on any atom is -0.207 e. The summed E-state index contributed by atoms with van der Waals surface area (Å²) >= 11 is 5.88. The van der Waals surface area contributed by atoms with E-state index < -0.39 is 10.0 Å². The number of rotatable bonds is 5. The van der Waals surface area contributed by atoms with Gasteiger partial charge in [-0.2, -0.15) is 4.31 Å². The van der Waals surface area contributed by atoms with Crippen molar-refractivity contribution >= 4 is 21.6 Å². The molecule has 0 unspecified atom stereocenters. The topological polar surface area (TPSA) is 37.4 Å².